The van der Waals surface area contributed by atoms with Gasteiger partial charge in [-0.25, -0.2) is 0 Å². The van der Waals surface area contributed by atoms with E-state index in [1.165, 1.54) is 0 Å². The summed E-state index contributed by atoms with van der Waals surface area (Å²) in [5, 5.41) is 0. The predicted octanol–water partition coefficient (Wildman–Crippen LogP) is 1.81. The molecule has 12 heavy (non-hydrogen) atoms. The van der Waals surface area contributed by atoms with Gasteiger partial charge in [0.2, 0.25) is 5.78 Å². The van der Waals surface area contributed by atoms with Crippen molar-refractivity contribution in [2.45, 2.75) is 3.79 Å². The minimum atomic E-state index is -1.92. The highest BCUT2D eigenvalue weighted by atomic mass is 35.6. The van der Waals surface area contributed by atoms with E-state index in [1.807, 2.05) is 0 Å². The van der Waals surface area contributed by atoms with E-state index < -0.39 is 9.58 Å². The molecule has 3 nitrogen and oxygen atoms in total. The summed E-state index contributed by atoms with van der Waals surface area (Å²) in [6.07, 6.45) is 1.12. The largest absolute Gasteiger partial charge is 0.469 e. The maximum absolute atomic E-state index is 11.0. The van der Waals surface area contributed by atoms with E-state index in [-0.39, 0.29) is 13.4 Å². The molecule has 0 unspecified atom stereocenters. The third-order valence-corrected chi connectivity index (χ3v) is 1.70. The van der Waals surface area contributed by atoms with Crippen LogP contribution in [0.15, 0.2) is 11.8 Å². The van der Waals surface area contributed by atoms with Crippen molar-refractivity contribution in [3.8, 4) is 0 Å². The molecule has 0 spiro atoms. The molecule has 68 valence electrons. The smallest absolute Gasteiger partial charge is 0.252 e. The summed E-state index contributed by atoms with van der Waals surface area (Å²) in [6.45, 7) is 0.380. The molecule has 0 saturated carbocycles. The Morgan fingerprint density at radius 1 is 1.50 bits per heavy atom. The van der Waals surface area contributed by atoms with E-state index in [2.05, 4.69) is 0 Å². The lowest BCUT2D eigenvalue weighted by Gasteiger charge is -2.04. The van der Waals surface area contributed by atoms with Crippen molar-refractivity contribution in [2.75, 3.05) is 13.4 Å². The van der Waals surface area contributed by atoms with Crippen LogP contribution in [0, 0.1) is 0 Å². The molecule has 1 saturated heterocycles. The Morgan fingerprint density at radius 3 is 2.58 bits per heavy atom. The maximum Gasteiger partial charge on any atom is 0.252 e. The number of carbonyl (C=O) groups excluding carboxylic acids is 1. The summed E-state index contributed by atoms with van der Waals surface area (Å²) in [5.41, 5.74) is 0. The number of allylic oxidation sites excluding steroid dienone is 1. The van der Waals surface area contributed by atoms with Crippen LogP contribution in [0.4, 0.5) is 0 Å². The molecule has 1 aliphatic rings. The molecule has 0 atom stereocenters. The summed E-state index contributed by atoms with van der Waals surface area (Å²) in [5.74, 6) is -0.251. The van der Waals surface area contributed by atoms with Gasteiger partial charge in [-0.3, -0.25) is 4.79 Å². The van der Waals surface area contributed by atoms with Crippen LogP contribution in [0.2, 0.25) is 0 Å². The quantitative estimate of drug-likeness (QED) is 0.510. The molecule has 0 amide bonds. The monoisotopic (exact) mass is 230 g/mol. The second kappa shape index (κ2) is 3.83. The van der Waals surface area contributed by atoms with Crippen LogP contribution in [0.1, 0.15) is 0 Å². The fourth-order valence-electron chi connectivity index (χ4n) is 0.613. The topological polar surface area (TPSA) is 35.5 Å². The van der Waals surface area contributed by atoms with E-state index in [1.54, 1.807) is 0 Å². The third kappa shape index (κ3) is 2.83. The second-order valence-corrected chi connectivity index (χ2v) is 4.36. The molecule has 0 aromatic heterocycles. The fourth-order valence-corrected chi connectivity index (χ4v) is 0.776. The molecular formula is C6H5Cl3O3. The number of carbonyl (C=O) groups is 1. The van der Waals surface area contributed by atoms with Crippen LogP contribution in [-0.4, -0.2) is 23.0 Å². The summed E-state index contributed by atoms with van der Waals surface area (Å²) in [4.78, 5) is 11.0. The van der Waals surface area contributed by atoms with E-state index in [0.717, 1.165) is 6.08 Å². The van der Waals surface area contributed by atoms with Crippen LogP contribution in [-0.2, 0) is 14.3 Å². The molecule has 0 N–H and O–H groups in total. The zero-order chi connectivity index (χ0) is 9.19. The zero-order valence-electron chi connectivity index (χ0n) is 5.85. The van der Waals surface area contributed by atoms with Gasteiger partial charge in [0.1, 0.15) is 12.4 Å². The second-order valence-electron chi connectivity index (χ2n) is 2.08. The molecule has 0 aromatic carbocycles. The van der Waals surface area contributed by atoms with Crippen LogP contribution in [0.5, 0.6) is 0 Å². The highest BCUT2D eigenvalue weighted by molar-refractivity contribution is 6.77. The average molecular weight is 231 g/mol. The van der Waals surface area contributed by atoms with Crippen molar-refractivity contribution >= 4 is 40.6 Å². The number of hydrogen-bond acceptors (Lipinski definition) is 3. The third-order valence-electron chi connectivity index (χ3n) is 1.14. The van der Waals surface area contributed by atoms with E-state index >= 15 is 0 Å². The van der Waals surface area contributed by atoms with Gasteiger partial charge in [0.25, 0.3) is 3.79 Å². The van der Waals surface area contributed by atoms with Gasteiger partial charge in [-0.1, -0.05) is 34.8 Å². The van der Waals surface area contributed by atoms with Crippen molar-refractivity contribution in [1.82, 2.24) is 0 Å². The molecule has 0 aliphatic carbocycles. The Balaban J connectivity index is 2.60. The molecule has 1 heterocycles. The lowest BCUT2D eigenvalue weighted by Crippen LogP contribution is -2.16. The van der Waals surface area contributed by atoms with E-state index in [0.29, 0.717) is 5.76 Å². The molecule has 1 rings (SSSR count). The molecule has 0 bridgehead atoms. The van der Waals surface area contributed by atoms with Gasteiger partial charge in [-0.05, 0) is 0 Å². The van der Waals surface area contributed by atoms with Gasteiger partial charge in [0.15, 0.2) is 6.79 Å². The lowest BCUT2D eigenvalue weighted by molar-refractivity contribution is -0.113. The van der Waals surface area contributed by atoms with Crippen LogP contribution in [0.3, 0.4) is 0 Å². The van der Waals surface area contributed by atoms with Gasteiger partial charge in [0.05, 0.1) is 0 Å². The van der Waals surface area contributed by atoms with E-state index in [4.69, 9.17) is 44.3 Å². The summed E-state index contributed by atoms with van der Waals surface area (Å²) in [6, 6.07) is 0. The first-order valence-electron chi connectivity index (χ1n) is 3.02. The summed E-state index contributed by atoms with van der Waals surface area (Å²) < 4.78 is 7.74. The number of rotatable bonds is 1. The molecule has 6 heteroatoms. The predicted molar refractivity (Wildman–Crippen MR) is 45.3 cm³/mol. The first kappa shape index (κ1) is 10.1. The molecular weight excluding hydrogens is 226 g/mol. The molecule has 0 aromatic rings. The van der Waals surface area contributed by atoms with Crippen molar-refractivity contribution in [1.29, 1.82) is 0 Å². The Labute approximate surface area is 84.2 Å². The number of ether oxygens (including phenoxy) is 2. The number of ketones is 1. The fraction of sp³-hybridized carbons (Fsp3) is 0.500. The Hall–Kier alpha value is 0.0400. The van der Waals surface area contributed by atoms with Crippen LogP contribution in [0.25, 0.3) is 0 Å². The number of alkyl halides is 3. The van der Waals surface area contributed by atoms with Crippen molar-refractivity contribution < 1.29 is 14.3 Å². The Kier molecular flexibility index (Phi) is 3.23. The first-order valence-corrected chi connectivity index (χ1v) is 4.16. The Bertz CT molecular complexity index is 211. The summed E-state index contributed by atoms with van der Waals surface area (Å²) >= 11 is 15.9. The number of hydrogen-bond donors (Lipinski definition) is 0. The first-order chi connectivity index (χ1) is 5.50. The standard InChI is InChI=1S/C6H5Cl3O3/c7-6(8,9)5(10)1-4-2-11-3-12-4/h1H,2-3H2. The van der Waals surface area contributed by atoms with Gasteiger partial charge >= 0.3 is 0 Å². The molecule has 1 aliphatic heterocycles. The van der Waals surface area contributed by atoms with Crippen LogP contribution >= 0.6 is 34.8 Å². The normalized spacial score (nSPS) is 21.1. The van der Waals surface area contributed by atoms with Gasteiger partial charge in [0, 0.05) is 6.08 Å². The Morgan fingerprint density at radius 2 is 2.17 bits per heavy atom. The molecule has 1 fully saturated rings. The van der Waals surface area contributed by atoms with Gasteiger partial charge in [-0.15, -0.1) is 0 Å². The minimum Gasteiger partial charge on any atom is -0.469 e. The highest BCUT2D eigenvalue weighted by Crippen LogP contribution is 2.28. The molecule has 0 radical (unpaired) electrons. The highest BCUT2D eigenvalue weighted by Gasteiger charge is 2.29. The SMILES string of the molecule is O=C(C=C1COCO1)C(Cl)(Cl)Cl. The summed E-state index contributed by atoms with van der Waals surface area (Å²) in [7, 11) is 0. The van der Waals surface area contributed by atoms with Crippen LogP contribution < -0.4 is 0 Å². The number of halogens is 3. The van der Waals surface area contributed by atoms with Crippen molar-refractivity contribution in [2.24, 2.45) is 0 Å². The van der Waals surface area contributed by atoms with Gasteiger partial charge in [-0.2, -0.15) is 0 Å². The van der Waals surface area contributed by atoms with Gasteiger partial charge < -0.3 is 9.47 Å². The average Bonchev–Trinajstić information content (AvgIpc) is 2.37. The maximum atomic E-state index is 11.0. The van der Waals surface area contributed by atoms with Crippen molar-refractivity contribution in [3.63, 3.8) is 0 Å². The zero-order valence-corrected chi connectivity index (χ0v) is 8.12. The minimum absolute atomic E-state index is 0.138. The van der Waals surface area contributed by atoms with Crippen molar-refractivity contribution in [3.05, 3.63) is 11.8 Å². The van der Waals surface area contributed by atoms with E-state index in [9.17, 15) is 4.79 Å². The lowest BCUT2D eigenvalue weighted by atomic mass is 10.3.